The van der Waals surface area contributed by atoms with Crippen molar-refractivity contribution in [1.82, 2.24) is 5.32 Å². The third-order valence-electron chi connectivity index (χ3n) is 4.39. The molecule has 1 aliphatic heterocycles. The van der Waals surface area contributed by atoms with Crippen LogP contribution in [0.4, 0.5) is 0 Å². The van der Waals surface area contributed by atoms with Gasteiger partial charge >= 0.3 is 0 Å². The lowest BCUT2D eigenvalue weighted by Gasteiger charge is -2.27. The zero-order valence-electron chi connectivity index (χ0n) is 14.3. The maximum atomic E-state index is 12.8. The van der Waals surface area contributed by atoms with Crippen LogP contribution in [0.1, 0.15) is 12.0 Å². The van der Waals surface area contributed by atoms with E-state index in [0.717, 1.165) is 18.4 Å². The first-order valence-electron chi connectivity index (χ1n) is 8.60. The summed E-state index contributed by atoms with van der Waals surface area (Å²) in [6.45, 7) is 0.514. The Labute approximate surface area is 153 Å². The minimum Gasteiger partial charge on any atom is -0.489 e. The van der Waals surface area contributed by atoms with E-state index in [0.29, 0.717) is 12.3 Å². The Hall–Kier alpha value is -1.93. The Kier molecular flexibility index (Phi) is 5.93. The van der Waals surface area contributed by atoms with Crippen molar-refractivity contribution in [2.45, 2.75) is 34.8 Å². The number of aliphatic hydroxyl groups excluding tert-OH is 2. The van der Waals surface area contributed by atoms with Gasteiger partial charge in [-0.2, -0.15) is 0 Å². The summed E-state index contributed by atoms with van der Waals surface area (Å²) in [5, 5.41) is 21.2. The molecule has 0 bridgehead atoms. The lowest BCUT2D eigenvalue weighted by atomic mass is 10.0. The molecule has 1 aliphatic rings. The molecule has 7 heteroatoms. The number of aryl methyl sites for hydroxylation is 1. The van der Waals surface area contributed by atoms with Gasteiger partial charge in [-0.25, -0.2) is 8.42 Å². The van der Waals surface area contributed by atoms with E-state index < -0.39 is 15.9 Å². The number of ether oxygens (including phenoxy) is 1. The van der Waals surface area contributed by atoms with Crippen molar-refractivity contribution < 1.29 is 23.4 Å². The molecule has 0 aromatic heterocycles. The van der Waals surface area contributed by atoms with Crippen LogP contribution in [0.15, 0.2) is 58.3 Å². The third kappa shape index (κ3) is 4.24. The molecule has 26 heavy (non-hydrogen) atoms. The lowest BCUT2D eigenvalue weighted by Crippen LogP contribution is -2.38. The number of hydrogen-bond acceptors (Lipinski definition) is 6. The van der Waals surface area contributed by atoms with Gasteiger partial charge in [0.1, 0.15) is 11.9 Å². The van der Waals surface area contributed by atoms with Crippen LogP contribution in [0.3, 0.4) is 0 Å². The van der Waals surface area contributed by atoms with E-state index in [-0.39, 0.29) is 29.0 Å². The largest absolute Gasteiger partial charge is 0.489 e. The number of nitrogens with one attached hydrogen (secondary N) is 1. The molecule has 0 saturated carbocycles. The highest BCUT2D eigenvalue weighted by Gasteiger charge is 2.24. The maximum Gasteiger partial charge on any atom is 0.206 e. The maximum absolute atomic E-state index is 12.8. The average Bonchev–Trinajstić information content (AvgIpc) is 2.68. The predicted octanol–water partition coefficient (Wildman–Crippen LogP) is 1.16. The normalized spacial score (nSPS) is 18.0. The van der Waals surface area contributed by atoms with Gasteiger partial charge in [0.15, 0.2) is 0 Å². The summed E-state index contributed by atoms with van der Waals surface area (Å²) in [6.07, 6.45) is 0.701. The number of fused-ring (bicyclic) bond motifs is 1. The topological polar surface area (TPSA) is 95.9 Å². The molecule has 140 valence electrons. The Morgan fingerprint density at radius 2 is 1.92 bits per heavy atom. The van der Waals surface area contributed by atoms with Gasteiger partial charge in [0.2, 0.25) is 9.84 Å². The van der Waals surface area contributed by atoms with Gasteiger partial charge in [0, 0.05) is 13.1 Å². The molecule has 0 saturated heterocycles. The molecule has 3 rings (SSSR count). The molecule has 0 unspecified atom stereocenters. The van der Waals surface area contributed by atoms with Crippen molar-refractivity contribution >= 4 is 9.84 Å². The molecule has 0 aliphatic carbocycles. The minimum atomic E-state index is -3.58. The quantitative estimate of drug-likeness (QED) is 0.670. The molecule has 0 amide bonds. The number of sulfone groups is 1. The number of rotatable bonds is 7. The third-order valence-corrected chi connectivity index (χ3v) is 6.16. The molecular weight excluding hydrogens is 354 g/mol. The summed E-state index contributed by atoms with van der Waals surface area (Å²) in [6, 6.07) is 13.4. The fourth-order valence-electron chi connectivity index (χ4n) is 2.93. The van der Waals surface area contributed by atoms with Gasteiger partial charge in [0.05, 0.1) is 22.5 Å². The zero-order valence-corrected chi connectivity index (χ0v) is 15.2. The summed E-state index contributed by atoms with van der Waals surface area (Å²) in [5.41, 5.74) is 0.989. The van der Waals surface area contributed by atoms with Crippen LogP contribution in [0.5, 0.6) is 5.75 Å². The Bertz CT molecular complexity index is 838. The summed E-state index contributed by atoms with van der Waals surface area (Å²) in [5.74, 6) is 0.586. The standard InChI is InChI=1S/C19H23NO5S/c21-13-15(22)11-20-12-16-8-6-14-7-9-18(10-19(14)25-16)26(23,24)17-4-2-1-3-5-17/h1-5,7,9-10,15-16,20-22H,6,8,11-13H2/t15-,16-/m1/s1. The summed E-state index contributed by atoms with van der Waals surface area (Å²) in [4.78, 5) is 0.471. The molecule has 0 fully saturated rings. The molecule has 6 nitrogen and oxygen atoms in total. The second-order valence-electron chi connectivity index (χ2n) is 6.36. The van der Waals surface area contributed by atoms with E-state index in [4.69, 9.17) is 9.84 Å². The first-order valence-corrected chi connectivity index (χ1v) is 10.1. The van der Waals surface area contributed by atoms with Crippen LogP contribution in [-0.4, -0.2) is 50.5 Å². The summed E-state index contributed by atoms with van der Waals surface area (Å²) >= 11 is 0. The summed E-state index contributed by atoms with van der Waals surface area (Å²) < 4.78 is 31.5. The zero-order chi connectivity index (χ0) is 18.6. The first kappa shape index (κ1) is 18.8. The number of benzene rings is 2. The van der Waals surface area contributed by atoms with E-state index in [9.17, 15) is 13.5 Å². The molecule has 0 spiro atoms. The van der Waals surface area contributed by atoms with Crippen molar-refractivity contribution in [2.75, 3.05) is 19.7 Å². The molecular formula is C19H23NO5S. The van der Waals surface area contributed by atoms with E-state index >= 15 is 0 Å². The van der Waals surface area contributed by atoms with Gasteiger partial charge in [-0.05, 0) is 42.7 Å². The van der Waals surface area contributed by atoms with Crippen LogP contribution in [0.2, 0.25) is 0 Å². The monoisotopic (exact) mass is 377 g/mol. The predicted molar refractivity (Wildman–Crippen MR) is 97.0 cm³/mol. The van der Waals surface area contributed by atoms with Crippen molar-refractivity contribution in [3.8, 4) is 5.75 Å². The van der Waals surface area contributed by atoms with Crippen LogP contribution in [0, 0.1) is 0 Å². The number of aliphatic hydroxyl groups is 2. The fraction of sp³-hybridized carbons (Fsp3) is 0.368. The van der Waals surface area contributed by atoms with E-state index in [2.05, 4.69) is 5.32 Å². The molecule has 1 heterocycles. The van der Waals surface area contributed by atoms with Gasteiger partial charge in [-0.15, -0.1) is 0 Å². The Morgan fingerprint density at radius 3 is 2.65 bits per heavy atom. The van der Waals surface area contributed by atoms with Gasteiger partial charge in [0.25, 0.3) is 0 Å². The van der Waals surface area contributed by atoms with E-state index in [1.165, 1.54) is 0 Å². The highest BCUT2D eigenvalue weighted by Crippen LogP contribution is 2.32. The Morgan fingerprint density at radius 1 is 1.15 bits per heavy atom. The van der Waals surface area contributed by atoms with E-state index in [1.54, 1.807) is 42.5 Å². The van der Waals surface area contributed by atoms with Crippen molar-refractivity contribution in [3.05, 3.63) is 54.1 Å². The lowest BCUT2D eigenvalue weighted by molar-refractivity contribution is 0.0893. The van der Waals surface area contributed by atoms with Gasteiger partial charge in [-0.1, -0.05) is 24.3 Å². The number of hydrogen-bond donors (Lipinski definition) is 3. The van der Waals surface area contributed by atoms with E-state index in [1.807, 2.05) is 6.07 Å². The molecule has 2 aromatic rings. The van der Waals surface area contributed by atoms with Crippen LogP contribution in [-0.2, 0) is 16.3 Å². The van der Waals surface area contributed by atoms with Crippen LogP contribution >= 0.6 is 0 Å². The summed E-state index contributed by atoms with van der Waals surface area (Å²) in [7, 11) is -3.58. The van der Waals surface area contributed by atoms with Crippen molar-refractivity contribution in [1.29, 1.82) is 0 Å². The Balaban J connectivity index is 1.73. The molecule has 2 atom stereocenters. The minimum absolute atomic E-state index is 0.108. The second-order valence-corrected chi connectivity index (χ2v) is 8.31. The highest BCUT2D eigenvalue weighted by atomic mass is 32.2. The second kappa shape index (κ2) is 8.18. The molecule has 0 radical (unpaired) electrons. The van der Waals surface area contributed by atoms with Gasteiger partial charge in [-0.3, -0.25) is 0 Å². The van der Waals surface area contributed by atoms with Gasteiger partial charge < -0.3 is 20.3 Å². The highest BCUT2D eigenvalue weighted by molar-refractivity contribution is 7.91. The van der Waals surface area contributed by atoms with Crippen molar-refractivity contribution in [3.63, 3.8) is 0 Å². The van der Waals surface area contributed by atoms with Crippen LogP contribution in [0.25, 0.3) is 0 Å². The molecule has 3 N–H and O–H groups in total. The average molecular weight is 377 g/mol. The van der Waals surface area contributed by atoms with Crippen LogP contribution < -0.4 is 10.1 Å². The smallest absolute Gasteiger partial charge is 0.206 e. The van der Waals surface area contributed by atoms with Crippen molar-refractivity contribution in [2.24, 2.45) is 0 Å². The molecule has 2 aromatic carbocycles. The fourth-order valence-corrected chi connectivity index (χ4v) is 4.23. The first-order chi connectivity index (χ1) is 12.5. The SMILES string of the molecule is O=S(=O)(c1ccccc1)c1ccc2c(c1)O[C@@H](CNC[C@@H](O)CO)CC2.